The van der Waals surface area contributed by atoms with Crippen molar-refractivity contribution in [3.63, 3.8) is 0 Å². The van der Waals surface area contributed by atoms with Crippen LogP contribution in [0.3, 0.4) is 0 Å². The maximum absolute atomic E-state index is 12.7. The van der Waals surface area contributed by atoms with Gasteiger partial charge in [0.1, 0.15) is 5.69 Å². The van der Waals surface area contributed by atoms with Crippen molar-refractivity contribution in [2.24, 2.45) is 0 Å². The van der Waals surface area contributed by atoms with Crippen molar-refractivity contribution in [3.8, 4) is 0 Å². The number of pyridine rings is 1. The fourth-order valence-electron chi connectivity index (χ4n) is 1.61. The summed E-state index contributed by atoms with van der Waals surface area (Å²) >= 11 is 0. The minimum atomic E-state index is -2.71. The van der Waals surface area contributed by atoms with Crippen LogP contribution in [0.4, 0.5) is 14.5 Å². The molecule has 0 aliphatic carbocycles. The van der Waals surface area contributed by atoms with Crippen LogP contribution in [0.5, 0.6) is 0 Å². The monoisotopic (exact) mass is 248 g/mol. The fraction of sp³-hybridized carbons (Fsp3) is 0.0769. The van der Waals surface area contributed by atoms with Gasteiger partial charge in [0.05, 0.1) is 5.69 Å². The number of para-hydroxylation sites is 1. The summed E-state index contributed by atoms with van der Waals surface area (Å²) in [6, 6.07) is 8.82. The standard InChI is InChI=1S/C13H10F2N2O/c14-13(15)9-5-3-4-8(11(9)16)12(18)10-6-1-2-7-17-10/h1-7,13H,16H2. The third kappa shape index (κ3) is 2.20. The number of carbonyl (C=O) groups is 1. The van der Waals surface area contributed by atoms with E-state index < -0.39 is 12.2 Å². The molecular weight excluding hydrogens is 238 g/mol. The molecule has 0 saturated carbocycles. The topological polar surface area (TPSA) is 56.0 Å². The highest BCUT2D eigenvalue weighted by molar-refractivity contribution is 6.11. The first-order chi connectivity index (χ1) is 8.61. The Balaban J connectivity index is 2.47. The van der Waals surface area contributed by atoms with Gasteiger partial charge in [0, 0.05) is 17.3 Å². The van der Waals surface area contributed by atoms with Crippen molar-refractivity contribution in [2.75, 3.05) is 5.73 Å². The van der Waals surface area contributed by atoms with Gasteiger partial charge in [-0.05, 0) is 18.2 Å². The van der Waals surface area contributed by atoms with Crippen molar-refractivity contribution in [1.29, 1.82) is 0 Å². The van der Waals surface area contributed by atoms with Crippen LogP contribution < -0.4 is 5.73 Å². The van der Waals surface area contributed by atoms with Crippen molar-refractivity contribution in [1.82, 2.24) is 4.98 Å². The molecule has 92 valence electrons. The molecule has 5 heteroatoms. The molecule has 1 aromatic carbocycles. The number of benzene rings is 1. The van der Waals surface area contributed by atoms with Crippen LogP contribution in [0, 0.1) is 0 Å². The minimum absolute atomic E-state index is 0.0477. The van der Waals surface area contributed by atoms with Crippen LogP contribution in [0.2, 0.25) is 0 Å². The smallest absolute Gasteiger partial charge is 0.265 e. The summed E-state index contributed by atoms with van der Waals surface area (Å²) in [5, 5.41) is 0. The molecule has 0 unspecified atom stereocenters. The summed E-state index contributed by atoms with van der Waals surface area (Å²) in [6.45, 7) is 0. The average Bonchev–Trinajstić information content (AvgIpc) is 2.39. The molecule has 0 spiro atoms. The second kappa shape index (κ2) is 4.91. The van der Waals surface area contributed by atoms with E-state index in [0.717, 1.165) is 0 Å². The molecule has 0 aliphatic heterocycles. The van der Waals surface area contributed by atoms with Gasteiger partial charge in [-0.15, -0.1) is 0 Å². The van der Waals surface area contributed by atoms with E-state index in [0.29, 0.717) is 0 Å². The highest BCUT2D eigenvalue weighted by Gasteiger charge is 2.19. The van der Waals surface area contributed by atoms with Crippen LogP contribution in [-0.2, 0) is 0 Å². The Labute approximate surface area is 102 Å². The van der Waals surface area contributed by atoms with Gasteiger partial charge in [0.2, 0.25) is 5.78 Å². The molecular formula is C13H10F2N2O. The number of anilines is 1. The number of nitrogen functional groups attached to an aromatic ring is 1. The lowest BCUT2D eigenvalue weighted by Gasteiger charge is -2.09. The van der Waals surface area contributed by atoms with Crippen molar-refractivity contribution in [3.05, 3.63) is 59.4 Å². The summed E-state index contributed by atoms with van der Waals surface area (Å²) in [6.07, 6.45) is -1.25. The molecule has 0 saturated heterocycles. The number of nitrogens with two attached hydrogens (primary N) is 1. The van der Waals surface area contributed by atoms with E-state index in [1.165, 1.54) is 30.5 Å². The molecule has 0 amide bonds. The van der Waals surface area contributed by atoms with E-state index in [2.05, 4.69) is 4.98 Å². The fourth-order valence-corrected chi connectivity index (χ4v) is 1.61. The number of carbonyl (C=O) groups excluding carboxylic acids is 1. The third-order valence-electron chi connectivity index (χ3n) is 2.52. The number of ketones is 1. The number of rotatable bonds is 3. The highest BCUT2D eigenvalue weighted by atomic mass is 19.3. The van der Waals surface area contributed by atoms with Crippen LogP contribution in [0.15, 0.2) is 42.6 Å². The molecule has 3 nitrogen and oxygen atoms in total. The molecule has 0 atom stereocenters. The zero-order chi connectivity index (χ0) is 13.1. The van der Waals surface area contributed by atoms with E-state index in [4.69, 9.17) is 5.73 Å². The first kappa shape index (κ1) is 12.2. The third-order valence-corrected chi connectivity index (χ3v) is 2.52. The lowest BCUT2D eigenvalue weighted by molar-refractivity contribution is 0.103. The van der Waals surface area contributed by atoms with Gasteiger partial charge in [-0.2, -0.15) is 0 Å². The zero-order valence-electron chi connectivity index (χ0n) is 9.31. The molecule has 1 aromatic heterocycles. The van der Waals surface area contributed by atoms with Crippen LogP contribution >= 0.6 is 0 Å². The number of alkyl halides is 2. The van der Waals surface area contributed by atoms with Gasteiger partial charge in [-0.1, -0.05) is 18.2 Å². The summed E-state index contributed by atoms with van der Waals surface area (Å²) < 4.78 is 25.3. The second-order valence-electron chi connectivity index (χ2n) is 3.65. The number of hydrogen-bond acceptors (Lipinski definition) is 3. The van der Waals surface area contributed by atoms with Gasteiger partial charge in [0.25, 0.3) is 6.43 Å². The molecule has 2 rings (SSSR count). The Bertz CT molecular complexity index is 570. The molecule has 0 radical (unpaired) electrons. The number of halogens is 2. The van der Waals surface area contributed by atoms with Gasteiger partial charge in [-0.25, -0.2) is 8.78 Å². The number of hydrogen-bond donors (Lipinski definition) is 1. The average molecular weight is 248 g/mol. The molecule has 2 N–H and O–H groups in total. The lowest BCUT2D eigenvalue weighted by Crippen LogP contribution is -2.09. The van der Waals surface area contributed by atoms with Gasteiger partial charge in [-0.3, -0.25) is 9.78 Å². The van der Waals surface area contributed by atoms with Crippen LogP contribution in [0.1, 0.15) is 28.0 Å². The molecule has 0 fully saturated rings. The Hall–Kier alpha value is -2.30. The van der Waals surface area contributed by atoms with E-state index in [1.807, 2.05) is 0 Å². The van der Waals surface area contributed by atoms with Crippen LogP contribution in [0.25, 0.3) is 0 Å². The normalized spacial score (nSPS) is 10.6. The Morgan fingerprint density at radius 2 is 1.94 bits per heavy atom. The predicted molar refractivity (Wildman–Crippen MR) is 63.5 cm³/mol. The summed E-state index contributed by atoms with van der Waals surface area (Å²) in [4.78, 5) is 15.9. The maximum Gasteiger partial charge on any atom is 0.265 e. The molecule has 18 heavy (non-hydrogen) atoms. The molecule has 0 aliphatic rings. The van der Waals surface area contributed by atoms with Gasteiger partial charge >= 0.3 is 0 Å². The minimum Gasteiger partial charge on any atom is -0.398 e. The van der Waals surface area contributed by atoms with E-state index in [1.54, 1.807) is 12.1 Å². The Morgan fingerprint density at radius 1 is 1.17 bits per heavy atom. The van der Waals surface area contributed by atoms with Crippen molar-refractivity contribution >= 4 is 11.5 Å². The number of nitrogens with zero attached hydrogens (tertiary/aromatic N) is 1. The molecule has 1 heterocycles. The SMILES string of the molecule is Nc1c(C(=O)c2ccccn2)cccc1C(F)F. The Morgan fingerprint density at radius 3 is 2.56 bits per heavy atom. The van der Waals surface area contributed by atoms with Gasteiger partial charge in [0.15, 0.2) is 0 Å². The molecule has 2 aromatic rings. The summed E-state index contributed by atoms with van der Waals surface area (Å²) in [7, 11) is 0. The second-order valence-corrected chi connectivity index (χ2v) is 3.65. The zero-order valence-corrected chi connectivity index (χ0v) is 9.31. The van der Waals surface area contributed by atoms with Crippen molar-refractivity contribution in [2.45, 2.75) is 6.43 Å². The van der Waals surface area contributed by atoms with E-state index in [-0.39, 0.29) is 22.5 Å². The van der Waals surface area contributed by atoms with E-state index >= 15 is 0 Å². The lowest BCUT2D eigenvalue weighted by atomic mass is 10.0. The van der Waals surface area contributed by atoms with E-state index in [9.17, 15) is 13.6 Å². The predicted octanol–water partition coefficient (Wildman–Crippen LogP) is 2.83. The first-order valence-corrected chi connectivity index (χ1v) is 5.23. The summed E-state index contributed by atoms with van der Waals surface area (Å²) in [5.74, 6) is -0.462. The quantitative estimate of drug-likeness (QED) is 0.671. The maximum atomic E-state index is 12.7. The number of aromatic nitrogens is 1. The van der Waals surface area contributed by atoms with Gasteiger partial charge < -0.3 is 5.73 Å². The van der Waals surface area contributed by atoms with Crippen molar-refractivity contribution < 1.29 is 13.6 Å². The Kier molecular flexibility index (Phi) is 3.32. The molecule has 0 bridgehead atoms. The first-order valence-electron chi connectivity index (χ1n) is 5.23. The highest BCUT2D eigenvalue weighted by Crippen LogP contribution is 2.28. The largest absolute Gasteiger partial charge is 0.398 e. The summed E-state index contributed by atoms with van der Waals surface area (Å²) in [5.41, 5.74) is 5.29. The van der Waals surface area contributed by atoms with Crippen LogP contribution in [-0.4, -0.2) is 10.8 Å².